The molecule has 2 aliphatic rings. The molecule has 1 heteroatoms. The molecule has 1 aliphatic carbocycles. The quantitative estimate of drug-likeness (QED) is 0.672. The van der Waals surface area contributed by atoms with Gasteiger partial charge >= 0.3 is 0 Å². The van der Waals surface area contributed by atoms with Crippen molar-refractivity contribution in [3.8, 4) is 0 Å². The third-order valence-electron chi connectivity index (χ3n) is 5.67. The highest BCUT2D eigenvalue weighted by atomic mass is 15.2. The number of benzene rings is 2. The number of para-hydroxylation sites is 2. The highest BCUT2D eigenvalue weighted by molar-refractivity contribution is 5.74. The van der Waals surface area contributed by atoms with Crippen molar-refractivity contribution in [2.45, 2.75) is 50.5 Å². The molecule has 2 aromatic rings. The van der Waals surface area contributed by atoms with Crippen molar-refractivity contribution in [1.29, 1.82) is 0 Å². The number of fused-ring (bicyclic) bond motifs is 2. The van der Waals surface area contributed by atoms with Crippen LogP contribution >= 0.6 is 0 Å². The molecule has 0 saturated heterocycles. The van der Waals surface area contributed by atoms with E-state index in [0.717, 1.165) is 0 Å². The van der Waals surface area contributed by atoms with Crippen molar-refractivity contribution in [1.82, 2.24) is 0 Å². The Balaban J connectivity index is 1.87. The topological polar surface area (TPSA) is 3.24 Å². The van der Waals surface area contributed by atoms with Gasteiger partial charge in [0.15, 0.2) is 0 Å². The fraction of sp³-hybridized carbons (Fsp3) is 0.400. The zero-order valence-electron chi connectivity index (χ0n) is 12.8. The second-order valence-corrected chi connectivity index (χ2v) is 6.62. The molecule has 1 atom stereocenters. The highest BCUT2D eigenvalue weighted by Gasteiger charge is 2.48. The zero-order valence-corrected chi connectivity index (χ0v) is 12.8. The van der Waals surface area contributed by atoms with E-state index in [9.17, 15) is 0 Å². The minimum Gasteiger partial charge on any atom is -0.338 e. The number of nitrogens with zero attached hydrogens (tertiary/aromatic N) is 1. The summed E-state index contributed by atoms with van der Waals surface area (Å²) in [6.07, 6.45) is 6.84. The molecule has 1 saturated carbocycles. The molecule has 0 radical (unpaired) electrons. The van der Waals surface area contributed by atoms with Crippen LogP contribution in [-0.4, -0.2) is 6.04 Å². The van der Waals surface area contributed by atoms with Gasteiger partial charge in [0.2, 0.25) is 0 Å². The van der Waals surface area contributed by atoms with Gasteiger partial charge < -0.3 is 4.90 Å². The Morgan fingerprint density at radius 3 is 2.29 bits per heavy atom. The molecule has 1 spiro atoms. The molecule has 1 fully saturated rings. The van der Waals surface area contributed by atoms with E-state index in [1.54, 1.807) is 5.56 Å². The van der Waals surface area contributed by atoms with Gasteiger partial charge in [0.05, 0.1) is 0 Å². The molecule has 108 valence electrons. The first-order chi connectivity index (χ1) is 10.3. The van der Waals surface area contributed by atoms with Crippen molar-refractivity contribution in [3.63, 3.8) is 0 Å². The maximum Gasteiger partial charge on any atom is 0.0452 e. The smallest absolute Gasteiger partial charge is 0.0452 e. The third-order valence-corrected chi connectivity index (χ3v) is 5.67. The summed E-state index contributed by atoms with van der Waals surface area (Å²) in [6, 6.07) is 20.5. The van der Waals surface area contributed by atoms with Crippen LogP contribution in [0.1, 0.15) is 44.6 Å². The van der Waals surface area contributed by atoms with Crippen LogP contribution in [0.4, 0.5) is 11.4 Å². The summed E-state index contributed by atoms with van der Waals surface area (Å²) in [5, 5.41) is 0. The molecule has 0 aromatic heterocycles. The largest absolute Gasteiger partial charge is 0.338 e. The van der Waals surface area contributed by atoms with Crippen molar-refractivity contribution in [2.24, 2.45) is 0 Å². The Morgan fingerprint density at radius 1 is 0.857 bits per heavy atom. The van der Waals surface area contributed by atoms with E-state index in [0.29, 0.717) is 11.5 Å². The average Bonchev–Trinajstić information content (AvgIpc) is 2.79. The number of rotatable bonds is 1. The van der Waals surface area contributed by atoms with E-state index in [2.05, 4.69) is 66.4 Å². The summed E-state index contributed by atoms with van der Waals surface area (Å²) in [5.74, 6) is 0. The SMILES string of the molecule is CC1N(c2ccccc2)c2ccccc2C12CCCCC2. The van der Waals surface area contributed by atoms with Gasteiger partial charge in [0.25, 0.3) is 0 Å². The number of hydrogen-bond acceptors (Lipinski definition) is 1. The Labute approximate surface area is 127 Å². The van der Waals surface area contributed by atoms with Crippen LogP contribution in [0.15, 0.2) is 54.6 Å². The van der Waals surface area contributed by atoms with E-state index >= 15 is 0 Å². The van der Waals surface area contributed by atoms with Crippen LogP contribution in [0.3, 0.4) is 0 Å². The Bertz CT molecular complexity index is 625. The van der Waals surface area contributed by atoms with Crippen LogP contribution in [-0.2, 0) is 5.41 Å². The van der Waals surface area contributed by atoms with Crippen molar-refractivity contribution < 1.29 is 0 Å². The Hall–Kier alpha value is -1.76. The third kappa shape index (κ3) is 1.83. The molecule has 2 aromatic carbocycles. The summed E-state index contributed by atoms with van der Waals surface area (Å²) >= 11 is 0. The highest BCUT2D eigenvalue weighted by Crippen LogP contribution is 2.54. The predicted molar refractivity (Wildman–Crippen MR) is 89.2 cm³/mol. The maximum absolute atomic E-state index is 2.57. The summed E-state index contributed by atoms with van der Waals surface area (Å²) < 4.78 is 0. The van der Waals surface area contributed by atoms with Crippen LogP contribution in [0.5, 0.6) is 0 Å². The normalized spacial score (nSPS) is 23.3. The van der Waals surface area contributed by atoms with Gasteiger partial charge in [-0.3, -0.25) is 0 Å². The first-order valence-electron chi connectivity index (χ1n) is 8.27. The molecular formula is C20H23N. The summed E-state index contributed by atoms with van der Waals surface area (Å²) in [6.45, 7) is 2.43. The lowest BCUT2D eigenvalue weighted by atomic mass is 9.67. The van der Waals surface area contributed by atoms with E-state index in [1.165, 1.54) is 43.5 Å². The number of anilines is 2. The molecule has 1 aliphatic heterocycles. The molecule has 21 heavy (non-hydrogen) atoms. The standard InChI is InChI=1S/C20H23N/c1-16-20(14-8-3-9-15-20)18-12-6-7-13-19(18)21(16)17-10-4-2-5-11-17/h2,4-7,10-13,16H,3,8-9,14-15H2,1H3. The van der Waals surface area contributed by atoms with E-state index in [-0.39, 0.29) is 0 Å². The average molecular weight is 277 g/mol. The van der Waals surface area contributed by atoms with Crippen molar-refractivity contribution in [2.75, 3.05) is 4.90 Å². The predicted octanol–water partition coefficient (Wildman–Crippen LogP) is 5.43. The number of hydrogen-bond donors (Lipinski definition) is 0. The van der Waals surface area contributed by atoms with Gasteiger partial charge in [0, 0.05) is 22.8 Å². The van der Waals surface area contributed by atoms with Crippen LogP contribution in [0.25, 0.3) is 0 Å². The van der Waals surface area contributed by atoms with Gasteiger partial charge in [-0.25, -0.2) is 0 Å². The molecule has 1 heterocycles. The Morgan fingerprint density at radius 2 is 1.52 bits per heavy atom. The second kappa shape index (κ2) is 4.91. The van der Waals surface area contributed by atoms with Crippen molar-refractivity contribution >= 4 is 11.4 Å². The van der Waals surface area contributed by atoms with Gasteiger partial charge in [-0.2, -0.15) is 0 Å². The molecule has 1 nitrogen and oxygen atoms in total. The lowest BCUT2D eigenvalue weighted by molar-refractivity contribution is 0.268. The second-order valence-electron chi connectivity index (χ2n) is 6.62. The fourth-order valence-electron chi connectivity index (χ4n) is 4.61. The van der Waals surface area contributed by atoms with E-state index in [1.807, 2.05) is 0 Å². The maximum atomic E-state index is 2.57. The first kappa shape index (κ1) is 12.9. The van der Waals surface area contributed by atoms with Crippen LogP contribution in [0, 0.1) is 0 Å². The summed E-state index contributed by atoms with van der Waals surface area (Å²) in [4.78, 5) is 2.57. The lowest BCUT2D eigenvalue weighted by Crippen LogP contribution is -2.42. The Kier molecular flexibility index (Phi) is 3.02. The molecule has 1 unspecified atom stereocenters. The van der Waals surface area contributed by atoms with Crippen LogP contribution in [0.2, 0.25) is 0 Å². The van der Waals surface area contributed by atoms with Gasteiger partial charge in [-0.05, 0) is 43.5 Å². The minimum atomic E-state index is 0.366. The summed E-state index contributed by atoms with van der Waals surface area (Å²) in [5.41, 5.74) is 4.71. The van der Waals surface area contributed by atoms with Gasteiger partial charge in [-0.15, -0.1) is 0 Å². The molecule has 4 rings (SSSR count). The van der Waals surface area contributed by atoms with Crippen molar-refractivity contribution in [3.05, 3.63) is 60.2 Å². The molecule has 0 N–H and O–H groups in total. The van der Waals surface area contributed by atoms with E-state index in [4.69, 9.17) is 0 Å². The summed E-state index contributed by atoms with van der Waals surface area (Å²) in [7, 11) is 0. The minimum absolute atomic E-state index is 0.366. The molecule has 0 bridgehead atoms. The molecule has 0 amide bonds. The molecular weight excluding hydrogens is 254 g/mol. The zero-order chi connectivity index (χ0) is 14.3. The van der Waals surface area contributed by atoms with Gasteiger partial charge in [0.1, 0.15) is 0 Å². The first-order valence-corrected chi connectivity index (χ1v) is 8.27. The van der Waals surface area contributed by atoms with E-state index < -0.39 is 0 Å². The van der Waals surface area contributed by atoms with Gasteiger partial charge in [-0.1, -0.05) is 55.7 Å². The monoisotopic (exact) mass is 277 g/mol. The lowest BCUT2D eigenvalue weighted by Gasteiger charge is -2.40. The van der Waals surface area contributed by atoms with Crippen LogP contribution < -0.4 is 4.90 Å². The fourth-order valence-corrected chi connectivity index (χ4v) is 4.61.